The molecule has 1 aromatic heterocycles. The van der Waals surface area contributed by atoms with E-state index in [9.17, 15) is 22.4 Å². The number of carbonyl (C=O) groups excluding carboxylic acids is 1. The molecular weight excluding hydrogens is 488 g/mol. The lowest BCUT2D eigenvalue weighted by Crippen LogP contribution is -2.48. The van der Waals surface area contributed by atoms with Crippen LogP contribution < -0.4 is 15.0 Å². The van der Waals surface area contributed by atoms with Crippen molar-refractivity contribution in [3.63, 3.8) is 0 Å². The second-order valence-corrected chi connectivity index (χ2v) is 9.62. The molecule has 0 saturated carbocycles. The van der Waals surface area contributed by atoms with Gasteiger partial charge in [-0.15, -0.1) is 0 Å². The van der Waals surface area contributed by atoms with Gasteiger partial charge in [0.15, 0.2) is 17.7 Å². The molecule has 0 spiro atoms. The van der Waals surface area contributed by atoms with E-state index in [4.69, 9.17) is 4.74 Å². The first-order valence-corrected chi connectivity index (χ1v) is 12.1. The van der Waals surface area contributed by atoms with Crippen molar-refractivity contribution in [3.8, 4) is 17.0 Å². The number of nitrogens with zero attached hydrogens (tertiary/aromatic N) is 3. The topological polar surface area (TPSA) is 67.3 Å². The molecule has 3 aromatic rings. The molecule has 37 heavy (non-hydrogen) atoms. The number of anilines is 1. The molecular formula is C27H26F4N4O2. The molecule has 10 heteroatoms. The summed E-state index contributed by atoms with van der Waals surface area (Å²) in [6.45, 7) is 6.46. The predicted molar refractivity (Wildman–Crippen MR) is 130 cm³/mol. The Labute approximate surface area is 211 Å². The minimum atomic E-state index is -4.80. The van der Waals surface area contributed by atoms with Crippen molar-refractivity contribution in [2.45, 2.75) is 58.5 Å². The third-order valence-corrected chi connectivity index (χ3v) is 6.62. The number of hydrogen-bond acceptors (Lipinski definition) is 5. The van der Waals surface area contributed by atoms with Crippen molar-refractivity contribution in [3.05, 3.63) is 70.4 Å². The van der Waals surface area contributed by atoms with Gasteiger partial charge in [-0.25, -0.2) is 14.4 Å². The van der Waals surface area contributed by atoms with Crippen molar-refractivity contribution in [2.75, 3.05) is 11.4 Å². The summed E-state index contributed by atoms with van der Waals surface area (Å²) in [6, 6.07) is 7.75. The van der Waals surface area contributed by atoms with E-state index >= 15 is 0 Å². The van der Waals surface area contributed by atoms with Gasteiger partial charge >= 0.3 is 6.18 Å². The molecule has 0 radical (unpaired) electrons. The van der Waals surface area contributed by atoms with Gasteiger partial charge in [0.25, 0.3) is 5.91 Å². The smallest absolute Gasteiger partial charge is 0.420 e. The molecule has 3 heterocycles. The van der Waals surface area contributed by atoms with Crippen LogP contribution in [0.5, 0.6) is 5.75 Å². The number of carbonyl (C=O) groups is 1. The number of rotatable bonds is 4. The third-order valence-electron chi connectivity index (χ3n) is 6.62. The van der Waals surface area contributed by atoms with Crippen LogP contribution in [0.15, 0.2) is 36.5 Å². The standard InChI is InChI=1S/C27H26F4N4O2/c1-14(2)35-22-11-18(10-20(27(29,30)31)25(22)37-15(3)26(35)36)24-21(28)13-33-23(34-24)9-16-4-5-17-6-7-32-12-19(17)8-16/h4-5,8,10-11,13-15,32H,6-7,9,12H2,1-3H3. The molecule has 1 amide bonds. The lowest BCUT2D eigenvalue weighted by Gasteiger charge is -2.37. The number of halogens is 4. The number of hydrogen-bond donors (Lipinski definition) is 1. The van der Waals surface area contributed by atoms with E-state index in [0.717, 1.165) is 37.3 Å². The maximum Gasteiger partial charge on any atom is 0.420 e. The first kappa shape index (κ1) is 25.1. The van der Waals surface area contributed by atoms with E-state index in [2.05, 4.69) is 15.3 Å². The molecule has 6 nitrogen and oxygen atoms in total. The molecule has 0 aliphatic carbocycles. The molecule has 1 unspecified atom stereocenters. The highest BCUT2D eigenvalue weighted by molar-refractivity contribution is 6.01. The van der Waals surface area contributed by atoms with Gasteiger partial charge in [0.2, 0.25) is 0 Å². The molecule has 2 aromatic carbocycles. The minimum absolute atomic E-state index is 0.0651. The van der Waals surface area contributed by atoms with Crippen molar-refractivity contribution >= 4 is 11.6 Å². The largest absolute Gasteiger partial charge is 0.478 e. The Morgan fingerprint density at radius 1 is 1.19 bits per heavy atom. The number of fused-ring (bicyclic) bond motifs is 2. The Morgan fingerprint density at radius 3 is 2.70 bits per heavy atom. The lowest BCUT2D eigenvalue weighted by atomic mass is 9.97. The van der Waals surface area contributed by atoms with Crippen LogP contribution in [0.3, 0.4) is 0 Å². The SMILES string of the molecule is CC1Oc2c(cc(-c3nc(Cc4ccc5c(c4)CNCC5)ncc3F)cc2C(F)(F)F)N(C(C)C)C1=O. The fraction of sp³-hybridized carbons (Fsp3) is 0.370. The second kappa shape index (κ2) is 9.41. The highest BCUT2D eigenvalue weighted by atomic mass is 19.4. The summed E-state index contributed by atoms with van der Waals surface area (Å²) in [5, 5.41) is 3.32. The highest BCUT2D eigenvalue weighted by Gasteiger charge is 2.42. The van der Waals surface area contributed by atoms with Crippen LogP contribution in [0, 0.1) is 5.82 Å². The molecule has 1 atom stereocenters. The van der Waals surface area contributed by atoms with Crippen LogP contribution in [0.25, 0.3) is 11.3 Å². The van der Waals surface area contributed by atoms with E-state index in [0.29, 0.717) is 0 Å². The maximum absolute atomic E-state index is 14.9. The fourth-order valence-corrected chi connectivity index (χ4v) is 4.86. The van der Waals surface area contributed by atoms with Crippen LogP contribution in [0.1, 0.15) is 48.8 Å². The summed E-state index contributed by atoms with van der Waals surface area (Å²) in [4.78, 5) is 22.4. The Kier molecular flexibility index (Phi) is 6.39. The summed E-state index contributed by atoms with van der Waals surface area (Å²) in [6.07, 6.45) is -3.70. The van der Waals surface area contributed by atoms with Crippen LogP contribution in [-0.4, -0.2) is 34.6 Å². The van der Waals surface area contributed by atoms with Crippen molar-refractivity contribution in [1.29, 1.82) is 0 Å². The summed E-state index contributed by atoms with van der Waals surface area (Å²) in [7, 11) is 0. The third kappa shape index (κ3) is 4.77. The number of ether oxygens (including phenoxy) is 1. The Bertz CT molecular complexity index is 1370. The summed E-state index contributed by atoms with van der Waals surface area (Å²) in [5.74, 6) is -1.51. The summed E-state index contributed by atoms with van der Waals surface area (Å²) in [5.41, 5.74) is 1.81. The molecule has 2 aliphatic rings. The summed E-state index contributed by atoms with van der Waals surface area (Å²) >= 11 is 0. The fourth-order valence-electron chi connectivity index (χ4n) is 4.86. The molecule has 194 valence electrons. The number of alkyl halides is 3. The quantitative estimate of drug-likeness (QED) is 0.493. The van der Waals surface area contributed by atoms with Gasteiger partial charge in [0.05, 0.1) is 11.9 Å². The summed E-state index contributed by atoms with van der Waals surface area (Å²) < 4.78 is 62.7. The minimum Gasteiger partial charge on any atom is -0.478 e. The van der Waals surface area contributed by atoms with E-state index in [-0.39, 0.29) is 29.2 Å². The van der Waals surface area contributed by atoms with Gasteiger partial charge in [-0.3, -0.25) is 4.79 Å². The van der Waals surface area contributed by atoms with Gasteiger partial charge in [-0.1, -0.05) is 18.2 Å². The van der Waals surface area contributed by atoms with E-state index < -0.39 is 41.4 Å². The Morgan fingerprint density at radius 2 is 1.97 bits per heavy atom. The van der Waals surface area contributed by atoms with Crippen molar-refractivity contribution in [2.24, 2.45) is 0 Å². The first-order valence-electron chi connectivity index (χ1n) is 12.1. The van der Waals surface area contributed by atoms with Gasteiger partial charge in [0.1, 0.15) is 17.1 Å². The lowest BCUT2D eigenvalue weighted by molar-refractivity contribution is -0.141. The highest BCUT2D eigenvalue weighted by Crippen LogP contribution is 2.47. The number of amides is 1. The van der Waals surface area contributed by atoms with Gasteiger partial charge in [-0.2, -0.15) is 13.2 Å². The molecule has 5 rings (SSSR count). The normalized spacial score (nSPS) is 17.5. The predicted octanol–water partition coefficient (Wildman–Crippen LogP) is 5.06. The second-order valence-electron chi connectivity index (χ2n) is 9.62. The van der Waals surface area contributed by atoms with Gasteiger partial charge in [0, 0.05) is 24.6 Å². The van der Waals surface area contributed by atoms with Crippen molar-refractivity contribution in [1.82, 2.24) is 15.3 Å². The van der Waals surface area contributed by atoms with Gasteiger partial charge < -0.3 is 15.0 Å². The van der Waals surface area contributed by atoms with E-state index in [1.54, 1.807) is 13.8 Å². The van der Waals surface area contributed by atoms with Gasteiger partial charge in [-0.05, 0) is 62.6 Å². The van der Waals surface area contributed by atoms with Crippen LogP contribution in [0.4, 0.5) is 23.2 Å². The number of nitrogens with one attached hydrogen (secondary N) is 1. The molecule has 0 saturated heterocycles. The average molecular weight is 515 g/mol. The monoisotopic (exact) mass is 514 g/mol. The van der Waals surface area contributed by atoms with Crippen LogP contribution in [-0.2, 0) is 30.4 Å². The molecule has 1 N–H and O–H groups in total. The van der Waals surface area contributed by atoms with E-state index in [1.165, 1.54) is 29.0 Å². The number of benzene rings is 2. The first-order chi connectivity index (χ1) is 17.5. The average Bonchev–Trinajstić information content (AvgIpc) is 2.84. The van der Waals surface area contributed by atoms with Crippen LogP contribution in [0.2, 0.25) is 0 Å². The Hall–Kier alpha value is -3.53. The maximum atomic E-state index is 14.9. The van der Waals surface area contributed by atoms with Crippen LogP contribution >= 0.6 is 0 Å². The van der Waals surface area contributed by atoms with Crippen molar-refractivity contribution < 1.29 is 27.1 Å². The molecule has 2 aliphatic heterocycles. The zero-order valence-electron chi connectivity index (χ0n) is 20.6. The molecule has 0 fully saturated rings. The zero-order chi connectivity index (χ0) is 26.5. The number of aromatic nitrogens is 2. The van der Waals surface area contributed by atoms with E-state index in [1.807, 2.05) is 18.2 Å². The zero-order valence-corrected chi connectivity index (χ0v) is 20.6. The molecule has 0 bridgehead atoms. The Balaban J connectivity index is 1.59.